The highest BCUT2D eigenvalue weighted by molar-refractivity contribution is 7.98. The molecule has 0 spiro atoms. The van der Waals surface area contributed by atoms with Crippen molar-refractivity contribution in [1.29, 1.82) is 0 Å². The number of carboxylic acids is 1. The van der Waals surface area contributed by atoms with Gasteiger partial charge in [0.05, 0.1) is 5.56 Å². The third-order valence-electron chi connectivity index (χ3n) is 6.41. The highest BCUT2D eigenvalue weighted by atomic mass is 32.2. The zero-order chi connectivity index (χ0) is 32.2. The Morgan fingerprint density at radius 1 is 0.822 bits per heavy atom. The van der Waals surface area contributed by atoms with E-state index in [2.05, 4.69) is 10.6 Å². The first-order chi connectivity index (χ1) is 21.6. The molecule has 0 aromatic heterocycles. The van der Waals surface area contributed by atoms with Crippen molar-refractivity contribution < 1.29 is 37.4 Å². The second kappa shape index (κ2) is 15.6. The van der Waals surface area contributed by atoms with Gasteiger partial charge in [0.15, 0.2) is 0 Å². The summed E-state index contributed by atoms with van der Waals surface area (Å²) in [4.78, 5) is 38.3. The van der Waals surface area contributed by atoms with Crippen molar-refractivity contribution in [1.82, 2.24) is 10.6 Å². The summed E-state index contributed by atoms with van der Waals surface area (Å²) in [6, 6.07) is 27.8. The minimum atomic E-state index is -4.58. The van der Waals surface area contributed by atoms with Gasteiger partial charge in [-0.1, -0.05) is 72.8 Å². The number of alkyl halides is 3. The summed E-state index contributed by atoms with van der Waals surface area (Å²) < 4.78 is 44.8. The highest BCUT2D eigenvalue weighted by Crippen LogP contribution is 2.29. The first-order valence-electron chi connectivity index (χ1n) is 13.7. The third kappa shape index (κ3) is 10.3. The Hall–Kier alpha value is -5.03. The number of carboxylic acid groups (broad SMARTS) is 1. The second-order valence-corrected chi connectivity index (χ2v) is 10.8. The van der Waals surface area contributed by atoms with Crippen molar-refractivity contribution in [2.24, 2.45) is 0 Å². The molecular weight excluding hydrogens is 605 g/mol. The third-order valence-corrected chi connectivity index (χ3v) is 7.51. The van der Waals surface area contributed by atoms with Crippen molar-refractivity contribution in [2.75, 3.05) is 5.75 Å². The summed E-state index contributed by atoms with van der Waals surface area (Å²) in [6.07, 6.45) is -3.24. The number of benzene rings is 4. The largest absolute Gasteiger partial charge is 0.489 e. The first-order valence-corrected chi connectivity index (χ1v) is 14.9. The lowest BCUT2D eigenvalue weighted by Crippen LogP contribution is -2.45. The number of nitrogens with one attached hydrogen (secondary N) is 2. The van der Waals surface area contributed by atoms with Crippen LogP contribution in [0.4, 0.5) is 13.2 Å². The van der Waals surface area contributed by atoms with E-state index < -0.39 is 35.6 Å². The molecule has 1 unspecified atom stereocenters. The maximum Gasteiger partial charge on any atom is 0.416 e. The Morgan fingerprint density at radius 2 is 1.42 bits per heavy atom. The van der Waals surface area contributed by atoms with Crippen LogP contribution in [0, 0.1) is 0 Å². The van der Waals surface area contributed by atoms with Gasteiger partial charge in [0.25, 0.3) is 11.8 Å². The Bertz CT molecular complexity index is 1610. The first kappa shape index (κ1) is 32.9. The quantitative estimate of drug-likeness (QED) is 0.144. The molecule has 0 bridgehead atoms. The molecule has 4 aromatic rings. The molecule has 0 aliphatic rings. The van der Waals surface area contributed by atoms with E-state index in [0.29, 0.717) is 23.7 Å². The van der Waals surface area contributed by atoms with Crippen LogP contribution < -0.4 is 15.4 Å². The van der Waals surface area contributed by atoms with Crippen molar-refractivity contribution in [2.45, 2.75) is 24.6 Å². The summed E-state index contributed by atoms with van der Waals surface area (Å²) in [5.74, 6) is -1.88. The predicted octanol–water partition coefficient (Wildman–Crippen LogP) is 6.56. The minimum Gasteiger partial charge on any atom is -0.489 e. The number of rotatable bonds is 13. The fourth-order valence-corrected chi connectivity index (χ4v) is 5.02. The van der Waals surface area contributed by atoms with Gasteiger partial charge in [0.2, 0.25) is 0 Å². The van der Waals surface area contributed by atoms with E-state index in [4.69, 9.17) is 4.74 Å². The van der Waals surface area contributed by atoms with Crippen LogP contribution in [-0.4, -0.2) is 34.7 Å². The maximum atomic E-state index is 13.3. The Labute approximate surface area is 262 Å². The Kier molecular flexibility index (Phi) is 11.4. The van der Waals surface area contributed by atoms with Crippen LogP contribution >= 0.6 is 11.8 Å². The second-order valence-electron chi connectivity index (χ2n) is 9.80. The minimum absolute atomic E-state index is 0.0452. The van der Waals surface area contributed by atoms with E-state index in [9.17, 15) is 32.7 Å². The molecule has 0 fully saturated rings. The molecule has 0 aliphatic carbocycles. The van der Waals surface area contributed by atoms with E-state index in [1.165, 1.54) is 17.8 Å². The number of halogens is 3. The van der Waals surface area contributed by atoms with Crippen LogP contribution in [0.25, 0.3) is 6.08 Å². The predicted molar refractivity (Wildman–Crippen MR) is 166 cm³/mol. The van der Waals surface area contributed by atoms with E-state index in [1.54, 1.807) is 24.3 Å². The van der Waals surface area contributed by atoms with Crippen molar-refractivity contribution in [3.8, 4) is 5.75 Å². The number of aliphatic carboxylic acids is 1. The van der Waals surface area contributed by atoms with Gasteiger partial charge < -0.3 is 20.5 Å². The number of thioether (sulfide) groups is 1. The summed E-state index contributed by atoms with van der Waals surface area (Å²) >= 11 is 1.31. The lowest BCUT2D eigenvalue weighted by atomic mass is 10.1. The molecule has 0 saturated heterocycles. The van der Waals surface area contributed by atoms with Crippen molar-refractivity contribution in [3.63, 3.8) is 0 Å². The highest BCUT2D eigenvalue weighted by Gasteiger charge is 2.30. The molecule has 4 rings (SSSR count). The number of amides is 2. The van der Waals surface area contributed by atoms with Gasteiger partial charge in [-0.2, -0.15) is 24.9 Å². The smallest absolute Gasteiger partial charge is 0.416 e. The van der Waals surface area contributed by atoms with E-state index in [1.807, 2.05) is 60.7 Å². The molecule has 0 radical (unpaired) electrons. The molecule has 232 valence electrons. The zero-order valence-corrected chi connectivity index (χ0v) is 24.6. The number of hydrogen-bond acceptors (Lipinski definition) is 5. The van der Waals surface area contributed by atoms with Crippen LogP contribution in [-0.2, 0) is 28.1 Å². The maximum absolute atomic E-state index is 13.3. The standard InChI is InChI=1S/C34H29F3N2O5S/c35-34(36,37)27-15-13-26(14-16-27)31(40)38-29(19-23-11-17-28(18-12-23)44-20-24-7-3-1-4-8-24)32(41)39-30(33(42)43)22-45-21-25-9-5-2-6-10-25/h1-19,30H,20-22H2,(H,38,40)(H,39,41)(H,42,43)/b29-19+. The molecule has 0 saturated carbocycles. The van der Waals surface area contributed by atoms with Gasteiger partial charge in [0, 0.05) is 17.1 Å². The number of hydrogen-bond donors (Lipinski definition) is 3. The van der Waals surface area contributed by atoms with Crippen LogP contribution in [0.1, 0.15) is 32.6 Å². The molecule has 7 nitrogen and oxygen atoms in total. The zero-order valence-electron chi connectivity index (χ0n) is 23.8. The number of carbonyl (C=O) groups excluding carboxylic acids is 2. The number of carbonyl (C=O) groups is 3. The molecule has 1 atom stereocenters. The van der Waals surface area contributed by atoms with Crippen molar-refractivity contribution >= 4 is 35.6 Å². The van der Waals surface area contributed by atoms with Gasteiger partial charge in [0.1, 0.15) is 24.1 Å². The lowest BCUT2D eigenvalue weighted by Gasteiger charge is -2.17. The molecule has 0 heterocycles. The number of ether oxygens (including phenoxy) is 1. The average molecular weight is 635 g/mol. The van der Waals surface area contributed by atoms with Gasteiger partial charge in [-0.15, -0.1) is 0 Å². The molecule has 0 aliphatic heterocycles. The fraction of sp³-hybridized carbons (Fsp3) is 0.147. The summed E-state index contributed by atoms with van der Waals surface area (Å²) in [5, 5.41) is 14.6. The topological polar surface area (TPSA) is 105 Å². The van der Waals surface area contributed by atoms with Crippen LogP contribution in [0.5, 0.6) is 5.75 Å². The van der Waals surface area contributed by atoms with E-state index in [-0.39, 0.29) is 17.0 Å². The average Bonchev–Trinajstić information content (AvgIpc) is 3.04. The van der Waals surface area contributed by atoms with E-state index >= 15 is 0 Å². The lowest BCUT2D eigenvalue weighted by molar-refractivity contribution is -0.140. The van der Waals surface area contributed by atoms with Gasteiger partial charge in [-0.3, -0.25) is 9.59 Å². The monoisotopic (exact) mass is 634 g/mol. The van der Waals surface area contributed by atoms with Gasteiger partial charge in [-0.05, 0) is 59.2 Å². The Morgan fingerprint density at radius 3 is 2.00 bits per heavy atom. The van der Waals surface area contributed by atoms with Gasteiger partial charge in [-0.25, -0.2) is 4.79 Å². The van der Waals surface area contributed by atoms with Crippen LogP contribution in [0.2, 0.25) is 0 Å². The Balaban J connectivity index is 1.50. The molecule has 2 amide bonds. The van der Waals surface area contributed by atoms with Crippen LogP contribution in [0.15, 0.2) is 115 Å². The molecule has 4 aromatic carbocycles. The summed E-state index contributed by atoms with van der Waals surface area (Å²) in [6.45, 7) is 0.339. The normalized spacial score (nSPS) is 12.2. The van der Waals surface area contributed by atoms with E-state index in [0.717, 1.165) is 35.4 Å². The summed E-state index contributed by atoms with van der Waals surface area (Å²) in [7, 11) is 0. The molecule has 45 heavy (non-hydrogen) atoms. The molecule has 3 N–H and O–H groups in total. The van der Waals surface area contributed by atoms with Crippen molar-refractivity contribution in [3.05, 3.63) is 143 Å². The molecule has 11 heteroatoms. The molecular formula is C34H29F3N2O5S. The van der Waals surface area contributed by atoms with Gasteiger partial charge >= 0.3 is 12.1 Å². The SMILES string of the molecule is O=C(NC(CSCc1ccccc1)C(=O)O)/C(=C\c1ccc(OCc2ccccc2)cc1)NC(=O)c1ccc(C(F)(F)F)cc1. The fourth-order valence-electron chi connectivity index (χ4n) is 4.01. The van der Waals surface area contributed by atoms with Crippen LogP contribution in [0.3, 0.4) is 0 Å². The summed E-state index contributed by atoms with van der Waals surface area (Å²) in [5.41, 5.74) is 1.08.